The highest BCUT2D eigenvalue weighted by molar-refractivity contribution is 7.80. The van der Waals surface area contributed by atoms with Crippen LogP contribution >= 0.6 is 12.6 Å². The lowest BCUT2D eigenvalue weighted by molar-refractivity contribution is 1.41. The predicted octanol–water partition coefficient (Wildman–Crippen LogP) is 2.52. The molecule has 1 heterocycles. The van der Waals surface area contributed by atoms with Crippen LogP contribution in [0.1, 0.15) is 5.56 Å². The first-order chi connectivity index (χ1) is 6.92. The van der Waals surface area contributed by atoms with Crippen molar-refractivity contribution in [3.05, 3.63) is 42.1 Å². The molecular weight excluding hydrogens is 190 g/mol. The number of rotatable bonds is 0. The summed E-state index contributed by atoms with van der Waals surface area (Å²) in [6, 6.07) is 9.92. The van der Waals surface area contributed by atoms with E-state index in [9.17, 15) is 0 Å². The molecule has 0 aliphatic heterocycles. The van der Waals surface area contributed by atoms with Gasteiger partial charge in [0.2, 0.25) is 0 Å². The molecule has 0 atom stereocenters. The van der Waals surface area contributed by atoms with E-state index in [0.717, 1.165) is 16.5 Å². The SMILES string of the molecule is SCC#Cc1cccc2ncccc12. The zero-order valence-electron chi connectivity index (χ0n) is 7.57. The van der Waals surface area contributed by atoms with Crippen molar-refractivity contribution in [2.24, 2.45) is 0 Å². The van der Waals surface area contributed by atoms with Gasteiger partial charge in [-0.25, -0.2) is 0 Å². The van der Waals surface area contributed by atoms with Gasteiger partial charge in [0, 0.05) is 17.1 Å². The first-order valence-corrected chi connectivity index (χ1v) is 4.98. The van der Waals surface area contributed by atoms with E-state index in [1.807, 2.05) is 30.3 Å². The van der Waals surface area contributed by atoms with E-state index in [0.29, 0.717) is 5.75 Å². The Labute approximate surface area is 88.6 Å². The van der Waals surface area contributed by atoms with Gasteiger partial charge in [0.05, 0.1) is 11.3 Å². The molecule has 0 unspecified atom stereocenters. The van der Waals surface area contributed by atoms with Crippen LogP contribution in [0.4, 0.5) is 0 Å². The van der Waals surface area contributed by atoms with E-state index in [2.05, 4.69) is 29.5 Å². The number of benzene rings is 1. The molecule has 2 heteroatoms. The molecule has 68 valence electrons. The first kappa shape index (κ1) is 9.11. The minimum absolute atomic E-state index is 0.580. The highest BCUT2D eigenvalue weighted by Gasteiger charge is 1.96. The van der Waals surface area contributed by atoms with Gasteiger partial charge in [-0.1, -0.05) is 24.0 Å². The van der Waals surface area contributed by atoms with E-state index >= 15 is 0 Å². The Balaban J connectivity index is 2.65. The van der Waals surface area contributed by atoms with E-state index in [1.54, 1.807) is 6.20 Å². The number of hydrogen-bond acceptors (Lipinski definition) is 2. The van der Waals surface area contributed by atoms with Crippen molar-refractivity contribution in [2.45, 2.75) is 0 Å². The van der Waals surface area contributed by atoms with Crippen LogP contribution in [0.2, 0.25) is 0 Å². The summed E-state index contributed by atoms with van der Waals surface area (Å²) in [6.45, 7) is 0. The van der Waals surface area contributed by atoms with Crippen LogP contribution < -0.4 is 0 Å². The quantitative estimate of drug-likeness (QED) is 0.508. The number of hydrogen-bond donors (Lipinski definition) is 1. The van der Waals surface area contributed by atoms with Crippen LogP contribution in [-0.4, -0.2) is 10.7 Å². The number of aromatic nitrogens is 1. The molecule has 0 spiro atoms. The van der Waals surface area contributed by atoms with Gasteiger partial charge in [-0.3, -0.25) is 4.98 Å². The topological polar surface area (TPSA) is 12.9 Å². The zero-order valence-corrected chi connectivity index (χ0v) is 8.46. The molecule has 0 amide bonds. The lowest BCUT2D eigenvalue weighted by atomic mass is 10.1. The van der Waals surface area contributed by atoms with E-state index in [-0.39, 0.29) is 0 Å². The minimum Gasteiger partial charge on any atom is -0.256 e. The molecule has 0 aliphatic carbocycles. The van der Waals surface area contributed by atoms with Crippen LogP contribution in [0.15, 0.2) is 36.5 Å². The van der Waals surface area contributed by atoms with Crippen molar-refractivity contribution in [3.63, 3.8) is 0 Å². The number of nitrogens with zero attached hydrogens (tertiary/aromatic N) is 1. The fraction of sp³-hybridized carbons (Fsp3) is 0.0833. The molecule has 0 fully saturated rings. The summed E-state index contributed by atoms with van der Waals surface area (Å²) in [5.41, 5.74) is 2.00. The fourth-order valence-electron chi connectivity index (χ4n) is 1.35. The van der Waals surface area contributed by atoms with Crippen molar-refractivity contribution in [1.29, 1.82) is 0 Å². The van der Waals surface area contributed by atoms with Crippen molar-refractivity contribution in [1.82, 2.24) is 4.98 Å². The number of pyridine rings is 1. The van der Waals surface area contributed by atoms with Crippen LogP contribution in [-0.2, 0) is 0 Å². The molecule has 0 saturated carbocycles. The molecule has 2 aromatic rings. The van der Waals surface area contributed by atoms with Crippen LogP contribution in [0.25, 0.3) is 10.9 Å². The lowest BCUT2D eigenvalue weighted by Gasteiger charge is -1.97. The summed E-state index contributed by atoms with van der Waals surface area (Å²) < 4.78 is 0. The van der Waals surface area contributed by atoms with Gasteiger partial charge in [0.25, 0.3) is 0 Å². The molecule has 0 aliphatic rings. The fourth-order valence-corrected chi connectivity index (χ4v) is 1.43. The Hall–Kier alpha value is -1.46. The molecule has 0 bridgehead atoms. The molecule has 0 saturated heterocycles. The van der Waals surface area contributed by atoms with Gasteiger partial charge < -0.3 is 0 Å². The van der Waals surface area contributed by atoms with Crippen molar-refractivity contribution < 1.29 is 0 Å². The van der Waals surface area contributed by atoms with Gasteiger partial charge in [-0.05, 0) is 18.2 Å². The average molecular weight is 199 g/mol. The zero-order chi connectivity index (χ0) is 9.80. The molecule has 14 heavy (non-hydrogen) atoms. The number of fused-ring (bicyclic) bond motifs is 1. The second-order valence-corrected chi connectivity index (χ2v) is 3.15. The maximum absolute atomic E-state index is 4.26. The summed E-state index contributed by atoms with van der Waals surface area (Å²) in [5, 5.41) is 1.10. The summed E-state index contributed by atoms with van der Waals surface area (Å²) in [4.78, 5) is 4.26. The van der Waals surface area contributed by atoms with E-state index in [1.165, 1.54) is 0 Å². The van der Waals surface area contributed by atoms with Gasteiger partial charge >= 0.3 is 0 Å². The highest BCUT2D eigenvalue weighted by atomic mass is 32.1. The smallest absolute Gasteiger partial charge is 0.0714 e. The average Bonchev–Trinajstić information content (AvgIpc) is 2.26. The van der Waals surface area contributed by atoms with Crippen molar-refractivity contribution in [2.75, 3.05) is 5.75 Å². The normalized spacial score (nSPS) is 9.50. The van der Waals surface area contributed by atoms with Gasteiger partial charge in [-0.2, -0.15) is 12.6 Å². The Kier molecular flexibility index (Phi) is 2.71. The molecule has 1 aromatic heterocycles. The Morgan fingerprint density at radius 1 is 1.21 bits per heavy atom. The van der Waals surface area contributed by atoms with Crippen molar-refractivity contribution >= 4 is 23.5 Å². The minimum atomic E-state index is 0.580. The largest absolute Gasteiger partial charge is 0.256 e. The molecular formula is C12H9NS. The third-order valence-corrected chi connectivity index (χ3v) is 2.11. The van der Waals surface area contributed by atoms with E-state index in [4.69, 9.17) is 0 Å². The Bertz CT molecular complexity index is 503. The van der Waals surface area contributed by atoms with Crippen LogP contribution in [0.3, 0.4) is 0 Å². The Morgan fingerprint density at radius 3 is 3.00 bits per heavy atom. The first-order valence-electron chi connectivity index (χ1n) is 4.35. The van der Waals surface area contributed by atoms with Gasteiger partial charge in [0.1, 0.15) is 0 Å². The second kappa shape index (κ2) is 4.17. The molecule has 0 N–H and O–H groups in total. The van der Waals surface area contributed by atoms with Gasteiger partial charge in [-0.15, -0.1) is 0 Å². The standard InChI is InChI=1S/C12H9NS/c14-9-3-5-10-4-1-7-12-11(10)6-2-8-13-12/h1-2,4,6-8,14H,9H2. The van der Waals surface area contributed by atoms with Gasteiger partial charge in [0.15, 0.2) is 0 Å². The van der Waals surface area contributed by atoms with Crippen molar-refractivity contribution in [3.8, 4) is 11.8 Å². The van der Waals surface area contributed by atoms with E-state index < -0.39 is 0 Å². The third kappa shape index (κ3) is 1.73. The monoisotopic (exact) mass is 199 g/mol. The summed E-state index contributed by atoms with van der Waals surface area (Å²) in [7, 11) is 0. The van der Waals surface area contributed by atoms with Crippen LogP contribution in [0.5, 0.6) is 0 Å². The highest BCUT2D eigenvalue weighted by Crippen LogP contribution is 2.14. The molecule has 2 rings (SSSR count). The maximum atomic E-state index is 4.26. The third-order valence-electron chi connectivity index (χ3n) is 1.95. The van der Waals surface area contributed by atoms with Crippen LogP contribution in [0, 0.1) is 11.8 Å². The maximum Gasteiger partial charge on any atom is 0.0714 e. The molecule has 0 radical (unpaired) electrons. The second-order valence-electron chi connectivity index (χ2n) is 2.84. The summed E-state index contributed by atoms with van der Waals surface area (Å²) >= 11 is 4.06. The number of thiol groups is 1. The molecule has 1 nitrogen and oxygen atoms in total. The Morgan fingerprint density at radius 2 is 2.14 bits per heavy atom. The molecule has 1 aromatic carbocycles. The lowest BCUT2D eigenvalue weighted by Crippen LogP contribution is -1.81. The summed E-state index contributed by atoms with van der Waals surface area (Å²) in [6.07, 6.45) is 1.79. The predicted molar refractivity (Wildman–Crippen MR) is 62.5 cm³/mol. The summed E-state index contributed by atoms with van der Waals surface area (Å²) in [5.74, 6) is 6.59.